The van der Waals surface area contributed by atoms with Crippen LogP contribution in [0.2, 0.25) is 0 Å². The SMILES string of the molecule is COC(=O)c1ccccc1-n1c(C)cc(/C=N\NC(=O)c2ccc(I)c(OC)c2)c1C. The monoisotopic (exact) mass is 531 g/mol. The molecule has 2 aromatic carbocycles. The topological polar surface area (TPSA) is 81.9 Å². The molecule has 1 N–H and O–H groups in total. The van der Waals surface area contributed by atoms with Crippen molar-refractivity contribution in [2.45, 2.75) is 13.8 Å². The Hall–Kier alpha value is -3.14. The van der Waals surface area contributed by atoms with Crippen LogP contribution in [0, 0.1) is 17.4 Å². The van der Waals surface area contributed by atoms with E-state index >= 15 is 0 Å². The van der Waals surface area contributed by atoms with Gasteiger partial charge in [0, 0.05) is 22.5 Å². The van der Waals surface area contributed by atoms with Gasteiger partial charge in [-0.25, -0.2) is 10.2 Å². The Bertz CT molecular complexity index is 1170. The zero-order valence-corrected chi connectivity index (χ0v) is 19.8. The third-order valence-corrected chi connectivity index (χ3v) is 5.69. The maximum absolute atomic E-state index is 12.4. The second kappa shape index (κ2) is 9.78. The Kier molecular flexibility index (Phi) is 7.11. The highest BCUT2D eigenvalue weighted by atomic mass is 127. The number of aryl methyl sites for hydroxylation is 1. The molecule has 3 aromatic rings. The lowest BCUT2D eigenvalue weighted by Gasteiger charge is -2.13. The number of hydrogen-bond donors (Lipinski definition) is 1. The van der Waals surface area contributed by atoms with Gasteiger partial charge in [-0.2, -0.15) is 5.10 Å². The maximum atomic E-state index is 12.4. The first-order valence-electron chi connectivity index (χ1n) is 9.41. The second-order valence-electron chi connectivity index (χ2n) is 6.72. The minimum Gasteiger partial charge on any atom is -0.496 e. The van der Waals surface area contributed by atoms with Gasteiger partial charge in [-0.15, -0.1) is 0 Å². The third-order valence-electron chi connectivity index (χ3n) is 4.80. The first-order valence-corrected chi connectivity index (χ1v) is 10.5. The highest BCUT2D eigenvalue weighted by Crippen LogP contribution is 2.24. The number of methoxy groups -OCH3 is 2. The molecule has 1 heterocycles. The van der Waals surface area contributed by atoms with Crippen molar-refractivity contribution in [1.82, 2.24) is 9.99 Å². The van der Waals surface area contributed by atoms with Gasteiger partial charge >= 0.3 is 5.97 Å². The smallest absolute Gasteiger partial charge is 0.339 e. The Morgan fingerprint density at radius 2 is 1.84 bits per heavy atom. The Labute approximate surface area is 194 Å². The fraction of sp³-hybridized carbons (Fsp3) is 0.174. The summed E-state index contributed by atoms with van der Waals surface area (Å²) < 4.78 is 13.0. The molecule has 0 spiro atoms. The molecule has 0 aliphatic carbocycles. The van der Waals surface area contributed by atoms with Crippen molar-refractivity contribution in [3.05, 3.63) is 80.2 Å². The molecule has 160 valence electrons. The number of para-hydroxylation sites is 1. The predicted octanol–water partition coefficient (Wildman–Crippen LogP) is 4.26. The van der Waals surface area contributed by atoms with Crippen molar-refractivity contribution in [2.24, 2.45) is 5.10 Å². The van der Waals surface area contributed by atoms with Crippen molar-refractivity contribution < 1.29 is 19.1 Å². The quantitative estimate of drug-likeness (QED) is 0.223. The number of carbonyl (C=O) groups excluding carboxylic acids is 2. The second-order valence-corrected chi connectivity index (χ2v) is 7.88. The average molecular weight is 531 g/mol. The molecular formula is C23H22IN3O4. The summed E-state index contributed by atoms with van der Waals surface area (Å²) in [4.78, 5) is 24.6. The Morgan fingerprint density at radius 1 is 1.10 bits per heavy atom. The zero-order chi connectivity index (χ0) is 22.5. The van der Waals surface area contributed by atoms with Crippen LogP contribution in [0.15, 0.2) is 53.6 Å². The number of esters is 1. The van der Waals surface area contributed by atoms with Gasteiger partial charge in [0.05, 0.1) is 35.3 Å². The van der Waals surface area contributed by atoms with E-state index in [1.165, 1.54) is 7.11 Å². The van der Waals surface area contributed by atoms with E-state index in [9.17, 15) is 9.59 Å². The fourth-order valence-electron chi connectivity index (χ4n) is 3.27. The van der Waals surface area contributed by atoms with Gasteiger partial charge < -0.3 is 14.0 Å². The Balaban J connectivity index is 1.84. The summed E-state index contributed by atoms with van der Waals surface area (Å²) in [5, 5.41) is 4.11. The number of benzene rings is 2. The number of rotatable bonds is 6. The molecule has 7 nitrogen and oxygen atoms in total. The number of amides is 1. The minimum absolute atomic E-state index is 0.337. The first-order chi connectivity index (χ1) is 14.9. The maximum Gasteiger partial charge on any atom is 0.339 e. The van der Waals surface area contributed by atoms with Crippen LogP contribution < -0.4 is 10.2 Å². The highest BCUT2D eigenvalue weighted by molar-refractivity contribution is 14.1. The molecule has 1 aromatic heterocycles. The lowest BCUT2D eigenvalue weighted by Crippen LogP contribution is -2.17. The van der Waals surface area contributed by atoms with Gasteiger partial charge in [-0.05, 0) is 72.8 Å². The molecule has 31 heavy (non-hydrogen) atoms. The van der Waals surface area contributed by atoms with Crippen LogP contribution in [0.3, 0.4) is 0 Å². The molecule has 0 fully saturated rings. The van der Waals surface area contributed by atoms with E-state index in [1.54, 1.807) is 37.6 Å². The highest BCUT2D eigenvalue weighted by Gasteiger charge is 2.17. The number of hydrogen-bond acceptors (Lipinski definition) is 5. The summed E-state index contributed by atoms with van der Waals surface area (Å²) in [6.07, 6.45) is 1.58. The van der Waals surface area contributed by atoms with Crippen LogP contribution in [0.25, 0.3) is 5.69 Å². The van der Waals surface area contributed by atoms with Crippen LogP contribution in [0.5, 0.6) is 5.75 Å². The molecule has 0 atom stereocenters. The van der Waals surface area contributed by atoms with Crippen molar-refractivity contribution in [1.29, 1.82) is 0 Å². The number of ether oxygens (including phenoxy) is 2. The van der Waals surface area contributed by atoms with Gasteiger partial charge in [-0.3, -0.25) is 4.79 Å². The first kappa shape index (κ1) is 22.5. The number of hydrazone groups is 1. The molecule has 0 aliphatic rings. The standard InChI is InChI=1S/C23H22IN3O4/c1-14-11-17(13-25-26-22(28)16-9-10-19(24)21(12-16)30-3)15(2)27(14)20-8-6-5-7-18(20)23(29)31-4/h5-13H,1-4H3,(H,26,28)/b25-13-. The molecule has 0 bridgehead atoms. The van der Waals surface area contributed by atoms with Crippen LogP contribution >= 0.6 is 22.6 Å². The van der Waals surface area contributed by atoms with Crippen LogP contribution in [0.1, 0.15) is 37.7 Å². The number of halogens is 1. The van der Waals surface area contributed by atoms with Gasteiger partial charge in [0.1, 0.15) is 5.75 Å². The van der Waals surface area contributed by atoms with E-state index in [-0.39, 0.29) is 5.91 Å². The fourth-order valence-corrected chi connectivity index (χ4v) is 3.82. The third kappa shape index (κ3) is 4.79. The molecule has 0 aliphatic heterocycles. The van der Waals surface area contributed by atoms with E-state index in [0.717, 1.165) is 26.2 Å². The zero-order valence-electron chi connectivity index (χ0n) is 17.6. The van der Waals surface area contributed by atoms with E-state index in [4.69, 9.17) is 9.47 Å². The molecule has 0 unspecified atom stereocenters. The van der Waals surface area contributed by atoms with Crippen LogP contribution in [0.4, 0.5) is 0 Å². The number of nitrogens with zero attached hydrogens (tertiary/aromatic N) is 2. The summed E-state index contributed by atoms with van der Waals surface area (Å²) in [5.41, 5.74) is 6.80. The summed E-state index contributed by atoms with van der Waals surface area (Å²) >= 11 is 2.14. The van der Waals surface area contributed by atoms with E-state index in [2.05, 4.69) is 33.1 Å². The molecular weight excluding hydrogens is 509 g/mol. The lowest BCUT2D eigenvalue weighted by molar-refractivity contribution is 0.0600. The van der Waals surface area contributed by atoms with E-state index in [0.29, 0.717) is 16.9 Å². The van der Waals surface area contributed by atoms with E-state index < -0.39 is 5.97 Å². The predicted molar refractivity (Wildman–Crippen MR) is 127 cm³/mol. The molecule has 0 saturated heterocycles. The molecule has 0 radical (unpaired) electrons. The van der Waals surface area contributed by atoms with Gasteiger partial charge in [0.15, 0.2) is 0 Å². The van der Waals surface area contributed by atoms with Gasteiger partial charge in [0.25, 0.3) is 5.91 Å². The van der Waals surface area contributed by atoms with Crippen LogP contribution in [-0.4, -0.2) is 36.9 Å². The molecule has 0 saturated carbocycles. The summed E-state index contributed by atoms with van der Waals surface area (Å²) in [6, 6.07) is 14.4. The lowest BCUT2D eigenvalue weighted by atomic mass is 10.1. The van der Waals surface area contributed by atoms with Crippen LogP contribution in [-0.2, 0) is 4.74 Å². The molecule has 8 heteroatoms. The Morgan fingerprint density at radius 3 is 2.55 bits per heavy atom. The normalized spacial score (nSPS) is 10.9. The van der Waals surface area contributed by atoms with Crippen molar-refractivity contribution in [2.75, 3.05) is 14.2 Å². The molecule has 3 rings (SSSR count). The summed E-state index contributed by atoms with van der Waals surface area (Å²) in [6.45, 7) is 3.86. The largest absolute Gasteiger partial charge is 0.496 e. The van der Waals surface area contributed by atoms with Gasteiger partial charge in [-0.1, -0.05) is 12.1 Å². The summed E-state index contributed by atoms with van der Waals surface area (Å²) in [7, 11) is 2.92. The average Bonchev–Trinajstić information content (AvgIpc) is 3.06. The number of nitrogens with one attached hydrogen (secondary N) is 1. The molecule has 1 amide bonds. The van der Waals surface area contributed by atoms with Crippen molar-refractivity contribution in [3.63, 3.8) is 0 Å². The number of carbonyl (C=O) groups is 2. The van der Waals surface area contributed by atoms with Gasteiger partial charge in [0.2, 0.25) is 0 Å². The van der Waals surface area contributed by atoms with E-state index in [1.807, 2.05) is 42.7 Å². The summed E-state index contributed by atoms with van der Waals surface area (Å²) in [5.74, 6) is -0.112. The minimum atomic E-state index is -0.404. The van der Waals surface area contributed by atoms with Crippen molar-refractivity contribution >= 4 is 40.7 Å². The number of aromatic nitrogens is 1. The van der Waals surface area contributed by atoms with Crippen molar-refractivity contribution in [3.8, 4) is 11.4 Å².